The maximum absolute atomic E-state index is 13.8. The maximum atomic E-state index is 13.8. The number of pyridine rings is 1. The van der Waals surface area contributed by atoms with Gasteiger partial charge in [-0.05, 0) is 58.4 Å². The molecule has 7 heterocycles. The molecule has 2 saturated heterocycles. The number of hydrogen-bond acceptors (Lipinski definition) is 13. The van der Waals surface area contributed by atoms with Gasteiger partial charge in [0.15, 0.2) is 5.65 Å². The van der Waals surface area contributed by atoms with E-state index >= 15 is 0 Å². The first kappa shape index (κ1) is 40.6. The van der Waals surface area contributed by atoms with Crippen LogP contribution in [0.1, 0.15) is 73.3 Å². The van der Waals surface area contributed by atoms with Gasteiger partial charge in [0.2, 0.25) is 23.7 Å². The van der Waals surface area contributed by atoms with E-state index in [4.69, 9.17) is 26.9 Å². The standard InChI is InChI=1S/C40H48N16O5/c1-5-55-30(13-21(3)50-55)37(59)48-39-46-28-15-23(34(42)57)14-27(44-9-12-52-19-26-17-25(52)20-61-26)32(28)53(39)10-7-8-11-54-36-29(16-24(18-45-36)35(43)58)47-40(54)49-38(60)33-31(41)22(4)51-56(33)6-2/h7-8,13-16,18,25-26,44H,5-6,9-12,17,19-20,41H2,1-4H3,(H2,42,57)(H2,43,58)(H,46,48,59)(H,47,49,60)/b8-7+. The number of imidazole rings is 2. The minimum atomic E-state index is -0.677. The molecule has 2 aliphatic heterocycles. The van der Waals surface area contributed by atoms with E-state index in [1.807, 2.05) is 37.5 Å². The number of nitrogen functional groups attached to an aromatic ring is 1. The van der Waals surface area contributed by atoms with E-state index in [-0.39, 0.29) is 53.6 Å². The molecule has 4 amide bonds. The number of aromatic nitrogens is 9. The van der Waals surface area contributed by atoms with Gasteiger partial charge in [-0.15, -0.1) is 0 Å². The highest BCUT2D eigenvalue weighted by molar-refractivity contribution is 6.07. The van der Waals surface area contributed by atoms with E-state index in [2.05, 4.69) is 41.0 Å². The van der Waals surface area contributed by atoms with Crippen LogP contribution >= 0.6 is 0 Å². The Kier molecular flexibility index (Phi) is 11.0. The van der Waals surface area contributed by atoms with Crippen molar-refractivity contribution >= 4 is 69.1 Å². The molecular weight excluding hydrogens is 785 g/mol. The highest BCUT2D eigenvalue weighted by atomic mass is 16.5. The molecule has 0 radical (unpaired) electrons. The molecule has 6 aromatic rings. The van der Waals surface area contributed by atoms with Crippen molar-refractivity contribution in [3.05, 3.63) is 76.5 Å². The summed E-state index contributed by atoms with van der Waals surface area (Å²) >= 11 is 0. The van der Waals surface area contributed by atoms with Crippen molar-refractivity contribution in [2.45, 2.75) is 72.4 Å². The van der Waals surface area contributed by atoms with Gasteiger partial charge in [0, 0.05) is 63.6 Å². The molecule has 318 valence electrons. The van der Waals surface area contributed by atoms with Crippen LogP contribution in [0.25, 0.3) is 22.2 Å². The van der Waals surface area contributed by atoms with Gasteiger partial charge in [-0.1, -0.05) is 12.2 Å². The second-order valence-corrected chi connectivity index (χ2v) is 15.1. The van der Waals surface area contributed by atoms with Crippen molar-refractivity contribution in [1.82, 2.24) is 48.5 Å². The lowest BCUT2D eigenvalue weighted by molar-refractivity contribution is 0.0324. The summed E-state index contributed by atoms with van der Waals surface area (Å²) in [4.78, 5) is 68.4. The number of nitrogens with zero attached hydrogens (tertiary/aromatic N) is 10. The van der Waals surface area contributed by atoms with E-state index in [0.29, 0.717) is 70.6 Å². The lowest BCUT2D eigenvalue weighted by Crippen LogP contribution is -2.39. The van der Waals surface area contributed by atoms with Crippen LogP contribution in [-0.4, -0.2) is 111 Å². The summed E-state index contributed by atoms with van der Waals surface area (Å²) in [5.41, 5.74) is 22.4. The van der Waals surface area contributed by atoms with Gasteiger partial charge in [-0.2, -0.15) is 10.2 Å². The Labute approximate surface area is 349 Å². The van der Waals surface area contributed by atoms with Crippen LogP contribution in [0.3, 0.4) is 0 Å². The largest absolute Gasteiger partial charge is 0.395 e. The average Bonchev–Trinajstić information content (AvgIpc) is 4.10. The third-order valence-corrected chi connectivity index (χ3v) is 11.0. The number of nitrogens with two attached hydrogens (primary N) is 3. The molecule has 2 bridgehead atoms. The topological polar surface area (TPSA) is 279 Å². The summed E-state index contributed by atoms with van der Waals surface area (Å²) in [6, 6.07) is 6.89. The number of nitrogens with one attached hydrogen (secondary N) is 3. The zero-order valence-corrected chi connectivity index (χ0v) is 34.3. The number of aryl methyl sites for hydroxylation is 4. The first-order chi connectivity index (χ1) is 29.3. The summed E-state index contributed by atoms with van der Waals surface area (Å²) in [7, 11) is 0. The zero-order chi connectivity index (χ0) is 43.1. The van der Waals surface area contributed by atoms with Gasteiger partial charge in [0.05, 0.1) is 52.1 Å². The second kappa shape index (κ2) is 16.5. The Morgan fingerprint density at radius 2 is 1.56 bits per heavy atom. The van der Waals surface area contributed by atoms with Gasteiger partial charge < -0.3 is 31.8 Å². The number of rotatable bonds is 16. The number of likely N-dealkylation sites (tertiary alicyclic amines) is 1. The van der Waals surface area contributed by atoms with Crippen LogP contribution in [-0.2, 0) is 30.9 Å². The maximum Gasteiger partial charge on any atom is 0.278 e. The SMILES string of the molecule is CCn1nc(C)cc1C(=O)Nc1nc2cc(C(N)=O)cc(NCCN3CC4CC3CO4)c2n1C/C=C/Cn1c(NC(=O)c2c(N)c(C)nn2CC)nc2cc(C(N)=O)cnc21. The fraction of sp³-hybridized carbons (Fsp3) is 0.375. The highest BCUT2D eigenvalue weighted by Gasteiger charge is 2.38. The van der Waals surface area contributed by atoms with E-state index in [1.54, 1.807) is 34.4 Å². The molecule has 0 saturated carbocycles. The Balaban J connectivity index is 1.13. The Bertz CT molecular complexity index is 2740. The minimum Gasteiger partial charge on any atom is -0.395 e. The molecular formula is C40H48N16O5. The number of amides is 4. The average molecular weight is 833 g/mol. The van der Waals surface area contributed by atoms with Gasteiger partial charge >= 0.3 is 0 Å². The first-order valence-corrected chi connectivity index (χ1v) is 20.1. The van der Waals surface area contributed by atoms with E-state index in [0.717, 1.165) is 26.1 Å². The monoisotopic (exact) mass is 832 g/mol. The van der Waals surface area contributed by atoms with Crippen LogP contribution in [0, 0.1) is 13.8 Å². The van der Waals surface area contributed by atoms with Crippen molar-refractivity contribution in [2.24, 2.45) is 11.5 Å². The molecule has 0 aliphatic carbocycles. The molecule has 21 heteroatoms. The number of carbonyl (C=O) groups is 4. The molecule has 9 N–H and O–H groups in total. The van der Waals surface area contributed by atoms with Gasteiger partial charge in [-0.25, -0.2) is 15.0 Å². The summed E-state index contributed by atoms with van der Waals surface area (Å²) in [6.07, 6.45) is 6.34. The molecule has 61 heavy (non-hydrogen) atoms. The summed E-state index contributed by atoms with van der Waals surface area (Å²) in [5, 5.41) is 18.1. The Hall–Kier alpha value is -7.13. The van der Waals surface area contributed by atoms with Crippen LogP contribution in [0.5, 0.6) is 0 Å². The van der Waals surface area contributed by atoms with Crippen molar-refractivity contribution in [3.8, 4) is 0 Å². The van der Waals surface area contributed by atoms with Crippen molar-refractivity contribution in [3.63, 3.8) is 0 Å². The third kappa shape index (κ3) is 7.87. The highest BCUT2D eigenvalue weighted by Crippen LogP contribution is 2.31. The van der Waals surface area contributed by atoms with E-state index in [9.17, 15) is 19.2 Å². The number of morpholine rings is 1. The normalized spacial score (nSPS) is 16.3. The van der Waals surface area contributed by atoms with Gasteiger partial charge in [0.1, 0.15) is 16.9 Å². The number of hydrogen-bond donors (Lipinski definition) is 6. The minimum absolute atomic E-state index is 0.145. The smallest absolute Gasteiger partial charge is 0.278 e. The number of benzene rings is 1. The van der Waals surface area contributed by atoms with Crippen LogP contribution < -0.4 is 33.2 Å². The fourth-order valence-corrected chi connectivity index (χ4v) is 8.04. The second-order valence-electron chi connectivity index (χ2n) is 15.1. The van der Waals surface area contributed by atoms with E-state index < -0.39 is 23.6 Å². The van der Waals surface area contributed by atoms with Crippen molar-refractivity contribution in [1.29, 1.82) is 0 Å². The predicted molar refractivity (Wildman–Crippen MR) is 227 cm³/mol. The molecule has 2 aliphatic rings. The predicted octanol–water partition coefficient (Wildman–Crippen LogP) is 2.26. The first-order valence-electron chi connectivity index (χ1n) is 20.1. The molecule has 2 atom stereocenters. The quantitative estimate of drug-likeness (QED) is 0.0765. The van der Waals surface area contributed by atoms with Gasteiger partial charge in [0.25, 0.3) is 11.8 Å². The Morgan fingerprint density at radius 1 is 0.869 bits per heavy atom. The van der Waals surface area contributed by atoms with Crippen molar-refractivity contribution in [2.75, 3.05) is 47.9 Å². The molecule has 8 rings (SSSR count). The van der Waals surface area contributed by atoms with Crippen LogP contribution in [0.15, 0.2) is 42.6 Å². The number of anilines is 4. The number of fused-ring (bicyclic) bond motifs is 4. The summed E-state index contributed by atoms with van der Waals surface area (Å²) in [6.45, 7) is 11.4. The van der Waals surface area contributed by atoms with Crippen molar-refractivity contribution < 1.29 is 23.9 Å². The fourth-order valence-electron chi connectivity index (χ4n) is 8.04. The Morgan fingerprint density at radius 3 is 2.25 bits per heavy atom. The van der Waals surface area contributed by atoms with Crippen LogP contribution in [0.4, 0.5) is 23.3 Å². The molecule has 0 spiro atoms. The molecule has 2 fully saturated rings. The number of ether oxygens (including phenoxy) is 1. The lowest BCUT2D eigenvalue weighted by atomic mass is 10.1. The molecule has 1 aromatic carbocycles. The number of carbonyl (C=O) groups excluding carboxylic acids is 4. The van der Waals surface area contributed by atoms with Crippen LogP contribution in [0.2, 0.25) is 0 Å². The molecule has 2 unspecified atom stereocenters. The molecule has 21 nitrogen and oxygen atoms in total. The lowest BCUT2D eigenvalue weighted by Gasteiger charge is -2.26. The number of primary amides is 2. The third-order valence-electron chi connectivity index (χ3n) is 11.0. The molecule has 5 aromatic heterocycles. The summed E-state index contributed by atoms with van der Waals surface area (Å²) in [5.74, 6) is -1.86. The van der Waals surface area contributed by atoms with E-state index in [1.165, 1.54) is 16.9 Å². The zero-order valence-electron chi connectivity index (χ0n) is 34.3. The van der Waals surface area contributed by atoms with Gasteiger partial charge in [-0.3, -0.25) is 48.6 Å². The summed E-state index contributed by atoms with van der Waals surface area (Å²) < 4.78 is 12.4. The number of allylic oxidation sites excluding steroid dienone is 2.